The maximum atomic E-state index is 11.7. The van der Waals surface area contributed by atoms with Gasteiger partial charge in [-0.15, -0.1) is 0 Å². The molecule has 1 aromatic carbocycles. The highest BCUT2D eigenvalue weighted by atomic mass is 16.1. The quantitative estimate of drug-likeness (QED) is 0.885. The number of nitrogens with zero attached hydrogens (tertiary/aromatic N) is 1. The SMILES string of the molecule is CCN1CCC(Nc2cccc(C(=O)NC)c2)C(C)C1. The molecule has 20 heavy (non-hydrogen) atoms. The molecule has 1 fully saturated rings. The monoisotopic (exact) mass is 275 g/mol. The highest BCUT2D eigenvalue weighted by molar-refractivity contribution is 5.94. The summed E-state index contributed by atoms with van der Waals surface area (Å²) in [6.45, 7) is 7.93. The lowest BCUT2D eigenvalue weighted by Gasteiger charge is -2.37. The number of hydrogen-bond donors (Lipinski definition) is 2. The van der Waals surface area contributed by atoms with Crippen LogP contribution in [0.4, 0.5) is 5.69 Å². The first-order valence-corrected chi connectivity index (χ1v) is 7.45. The van der Waals surface area contributed by atoms with Crippen LogP contribution in [0.15, 0.2) is 24.3 Å². The maximum absolute atomic E-state index is 11.7. The van der Waals surface area contributed by atoms with Crippen LogP contribution in [-0.2, 0) is 0 Å². The molecule has 1 aliphatic rings. The molecule has 1 aromatic rings. The third-order valence-corrected chi connectivity index (χ3v) is 4.14. The molecule has 0 spiro atoms. The van der Waals surface area contributed by atoms with E-state index in [0.29, 0.717) is 17.5 Å². The van der Waals surface area contributed by atoms with E-state index in [1.807, 2.05) is 24.3 Å². The number of nitrogens with one attached hydrogen (secondary N) is 2. The van der Waals surface area contributed by atoms with Crippen molar-refractivity contribution in [2.75, 3.05) is 32.0 Å². The van der Waals surface area contributed by atoms with E-state index in [0.717, 1.165) is 31.7 Å². The summed E-state index contributed by atoms with van der Waals surface area (Å²) in [5.74, 6) is 0.579. The maximum Gasteiger partial charge on any atom is 0.251 e. The second-order valence-corrected chi connectivity index (χ2v) is 5.57. The minimum atomic E-state index is -0.0394. The molecule has 0 saturated carbocycles. The lowest BCUT2D eigenvalue weighted by Crippen LogP contribution is -2.45. The van der Waals surface area contributed by atoms with Crippen molar-refractivity contribution in [2.45, 2.75) is 26.3 Å². The Bertz CT molecular complexity index is 461. The van der Waals surface area contributed by atoms with Crippen molar-refractivity contribution in [1.82, 2.24) is 10.2 Å². The molecule has 2 rings (SSSR count). The normalized spacial score (nSPS) is 23.4. The van der Waals surface area contributed by atoms with Gasteiger partial charge in [-0.25, -0.2) is 0 Å². The number of carbonyl (C=O) groups excluding carboxylic acids is 1. The smallest absolute Gasteiger partial charge is 0.251 e. The van der Waals surface area contributed by atoms with E-state index < -0.39 is 0 Å². The van der Waals surface area contributed by atoms with Crippen molar-refractivity contribution >= 4 is 11.6 Å². The molecule has 4 heteroatoms. The van der Waals surface area contributed by atoms with E-state index in [2.05, 4.69) is 29.4 Å². The van der Waals surface area contributed by atoms with Crippen molar-refractivity contribution in [1.29, 1.82) is 0 Å². The Morgan fingerprint density at radius 1 is 1.45 bits per heavy atom. The molecule has 1 heterocycles. The Hall–Kier alpha value is -1.55. The number of benzene rings is 1. The van der Waals surface area contributed by atoms with Crippen LogP contribution in [0.2, 0.25) is 0 Å². The van der Waals surface area contributed by atoms with Crippen molar-refractivity contribution < 1.29 is 4.79 Å². The van der Waals surface area contributed by atoms with Crippen LogP contribution >= 0.6 is 0 Å². The lowest BCUT2D eigenvalue weighted by atomic mass is 9.93. The van der Waals surface area contributed by atoms with Crippen molar-refractivity contribution in [2.24, 2.45) is 5.92 Å². The largest absolute Gasteiger partial charge is 0.382 e. The molecule has 0 aliphatic carbocycles. The second kappa shape index (κ2) is 6.75. The Kier molecular flexibility index (Phi) is 5.01. The molecule has 1 saturated heterocycles. The van der Waals surface area contributed by atoms with Crippen LogP contribution in [-0.4, -0.2) is 43.5 Å². The first kappa shape index (κ1) is 14.9. The zero-order chi connectivity index (χ0) is 14.5. The number of carbonyl (C=O) groups is 1. The molecule has 2 N–H and O–H groups in total. The number of amides is 1. The number of piperidine rings is 1. The summed E-state index contributed by atoms with van der Waals surface area (Å²) in [5, 5.41) is 6.25. The standard InChI is InChI=1S/C16H25N3O/c1-4-19-9-8-15(12(2)11-19)18-14-7-5-6-13(10-14)16(20)17-3/h5-7,10,12,15,18H,4,8-9,11H2,1-3H3,(H,17,20). The molecule has 110 valence electrons. The van der Waals surface area contributed by atoms with Gasteiger partial charge in [-0.1, -0.05) is 19.9 Å². The molecular formula is C16H25N3O. The van der Waals surface area contributed by atoms with Gasteiger partial charge in [0.25, 0.3) is 5.91 Å². The summed E-state index contributed by atoms with van der Waals surface area (Å²) in [4.78, 5) is 14.1. The van der Waals surface area contributed by atoms with Gasteiger partial charge in [0.15, 0.2) is 0 Å². The van der Waals surface area contributed by atoms with Gasteiger partial charge in [-0.2, -0.15) is 0 Å². The summed E-state index contributed by atoms with van der Waals surface area (Å²) < 4.78 is 0. The van der Waals surface area contributed by atoms with Crippen LogP contribution in [0.1, 0.15) is 30.6 Å². The zero-order valence-electron chi connectivity index (χ0n) is 12.6. The minimum absolute atomic E-state index is 0.0394. The molecule has 0 bridgehead atoms. The Balaban J connectivity index is 2.01. The average molecular weight is 275 g/mol. The van der Waals surface area contributed by atoms with Crippen molar-refractivity contribution in [3.8, 4) is 0 Å². The van der Waals surface area contributed by atoms with Crippen LogP contribution in [0.5, 0.6) is 0 Å². The first-order valence-electron chi connectivity index (χ1n) is 7.45. The first-order chi connectivity index (χ1) is 9.63. The van der Waals surface area contributed by atoms with Crippen LogP contribution in [0.25, 0.3) is 0 Å². The van der Waals surface area contributed by atoms with E-state index in [1.54, 1.807) is 7.05 Å². The number of rotatable bonds is 4. The Morgan fingerprint density at radius 3 is 2.90 bits per heavy atom. The number of likely N-dealkylation sites (tertiary alicyclic amines) is 1. The van der Waals surface area contributed by atoms with Gasteiger partial charge < -0.3 is 15.5 Å². The zero-order valence-corrected chi connectivity index (χ0v) is 12.6. The van der Waals surface area contributed by atoms with Gasteiger partial charge >= 0.3 is 0 Å². The highest BCUT2D eigenvalue weighted by Gasteiger charge is 2.25. The predicted octanol–water partition coefficient (Wildman–Crippen LogP) is 2.19. The summed E-state index contributed by atoms with van der Waals surface area (Å²) in [6, 6.07) is 8.22. The van der Waals surface area contributed by atoms with E-state index in [-0.39, 0.29) is 5.91 Å². The summed E-state index contributed by atoms with van der Waals surface area (Å²) >= 11 is 0. The molecule has 0 radical (unpaired) electrons. The van der Waals surface area contributed by atoms with Gasteiger partial charge in [-0.3, -0.25) is 4.79 Å². The molecule has 4 nitrogen and oxygen atoms in total. The third-order valence-electron chi connectivity index (χ3n) is 4.14. The molecular weight excluding hydrogens is 250 g/mol. The van der Waals surface area contributed by atoms with Gasteiger partial charge in [0.2, 0.25) is 0 Å². The predicted molar refractivity (Wildman–Crippen MR) is 83.1 cm³/mol. The van der Waals surface area contributed by atoms with E-state index >= 15 is 0 Å². The average Bonchev–Trinajstić information content (AvgIpc) is 2.48. The van der Waals surface area contributed by atoms with Gasteiger partial charge in [0, 0.05) is 37.4 Å². The summed E-state index contributed by atoms with van der Waals surface area (Å²) in [6.07, 6.45) is 1.15. The fourth-order valence-electron chi connectivity index (χ4n) is 2.84. The minimum Gasteiger partial charge on any atom is -0.382 e. The molecule has 0 aromatic heterocycles. The second-order valence-electron chi connectivity index (χ2n) is 5.57. The van der Waals surface area contributed by atoms with E-state index in [9.17, 15) is 4.79 Å². The molecule has 1 aliphatic heterocycles. The molecule has 2 unspecified atom stereocenters. The lowest BCUT2D eigenvalue weighted by molar-refractivity contribution is 0.0963. The van der Waals surface area contributed by atoms with Crippen molar-refractivity contribution in [3.05, 3.63) is 29.8 Å². The highest BCUT2D eigenvalue weighted by Crippen LogP contribution is 2.21. The molecule has 1 amide bonds. The van der Waals surface area contributed by atoms with Crippen LogP contribution in [0, 0.1) is 5.92 Å². The topological polar surface area (TPSA) is 44.4 Å². The fourth-order valence-corrected chi connectivity index (χ4v) is 2.84. The number of hydrogen-bond acceptors (Lipinski definition) is 3. The third kappa shape index (κ3) is 3.51. The van der Waals surface area contributed by atoms with E-state index in [1.165, 1.54) is 0 Å². The van der Waals surface area contributed by atoms with Crippen LogP contribution in [0.3, 0.4) is 0 Å². The summed E-state index contributed by atoms with van der Waals surface area (Å²) in [5.41, 5.74) is 1.74. The van der Waals surface area contributed by atoms with Crippen LogP contribution < -0.4 is 10.6 Å². The Labute approximate surface area is 121 Å². The van der Waals surface area contributed by atoms with Crippen molar-refractivity contribution in [3.63, 3.8) is 0 Å². The fraction of sp³-hybridized carbons (Fsp3) is 0.562. The van der Waals surface area contributed by atoms with Gasteiger partial charge in [0.1, 0.15) is 0 Å². The van der Waals surface area contributed by atoms with Gasteiger partial charge in [-0.05, 0) is 37.1 Å². The Morgan fingerprint density at radius 2 is 2.25 bits per heavy atom. The number of anilines is 1. The molecule has 2 atom stereocenters. The van der Waals surface area contributed by atoms with E-state index in [4.69, 9.17) is 0 Å². The summed E-state index contributed by atoms with van der Waals surface area (Å²) in [7, 11) is 1.66. The van der Waals surface area contributed by atoms with Gasteiger partial charge in [0.05, 0.1) is 0 Å².